The Bertz CT molecular complexity index is 1460. The summed E-state index contributed by atoms with van der Waals surface area (Å²) in [5.41, 5.74) is 2.22. The van der Waals surface area contributed by atoms with Gasteiger partial charge in [-0.15, -0.1) is 0 Å². The van der Waals surface area contributed by atoms with Crippen molar-refractivity contribution < 1.29 is 47.7 Å². The Morgan fingerprint density at radius 3 is 1.81 bits per heavy atom. The Morgan fingerprint density at radius 1 is 0.833 bits per heavy atom. The topological polar surface area (TPSA) is 167 Å². The van der Waals surface area contributed by atoms with Crippen LogP contribution in [0.2, 0.25) is 0 Å². The molecule has 0 spiro atoms. The summed E-state index contributed by atoms with van der Waals surface area (Å²) in [6.07, 6.45) is -3.13. The molecule has 2 aromatic carbocycles. The predicted molar refractivity (Wildman–Crippen MR) is 178 cm³/mol. The van der Waals surface area contributed by atoms with E-state index in [1.807, 2.05) is 48.5 Å². The van der Waals surface area contributed by atoms with Crippen LogP contribution in [-0.4, -0.2) is 89.5 Å². The normalized spacial score (nSPS) is 13.6. The van der Waals surface area contributed by atoms with Gasteiger partial charge in [0, 0.05) is 11.7 Å². The summed E-state index contributed by atoms with van der Waals surface area (Å²) in [6, 6.07) is 13.2. The van der Waals surface area contributed by atoms with Crippen molar-refractivity contribution in [2.45, 2.75) is 77.7 Å². The van der Waals surface area contributed by atoms with E-state index in [1.54, 1.807) is 41.5 Å². The van der Waals surface area contributed by atoms with E-state index >= 15 is 0 Å². The first-order valence-corrected chi connectivity index (χ1v) is 16.3. The smallest absolute Gasteiger partial charge is 0.420 e. The van der Waals surface area contributed by atoms with Crippen LogP contribution in [0.4, 0.5) is 14.4 Å². The van der Waals surface area contributed by atoms with Gasteiger partial charge in [0.2, 0.25) is 11.0 Å². The number of imide groups is 1. The maximum absolute atomic E-state index is 13.0. The van der Waals surface area contributed by atoms with Crippen LogP contribution in [-0.2, 0) is 33.3 Å². The second kappa shape index (κ2) is 16.0. The summed E-state index contributed by atoms with van der Waals surface area (Å²) < 4.78 is 20.9. The van der Waals surface area contributed by atoms with E-state index < -0.39 is 70.9 Å². The van der Waals surface area contributed by atoms with Gasteiger partial charge in [-0.25, -0.2) is 19.2 Å². The van der Waals surface area contributed by atoms with Crippen LogP contribution < -0.4 is 10.6 Å². The number of thioether (sulfide) groups is 1. The number of nitrogens with zero attached hydrogens (tertiary/aromatic N) is 1. The molecule has 14 heteroatoms. The van der Waals surface area contributed by atoms with Crippen LogP contribution in [0.15, 0.2) is 48.5 Å². The van der Waals surface area contributed by atoms with Crippen molar-refractivity contribution in [2.75, 3.05) is 26.0 Å². The maximum atomic E-state index is 13.0. The number of alkyl carbamates (subject to hydrolysis) is 1. The molecule has 0 saturated carbocycles. The average molecular weight is 686 g/mol. The minimum atomic E-state index is -1.58. The standard InChI is InChI=1S/C34H43N3O10S/c1-20(36-30(41)45-18-25-23-15-11-9-13-21(23)22-14-10-12-16-24(22)25)28(39)35-17-27(38)48-19-26(29(40)44-8)37(31(42)46-33(2,3)4)32(43)47-34(5,6)7/h9-16,20,25-26H,17-19H2,1-8H3,(H,35,39)(H,36,41)/t20-,26?/m0/s1. The van der Waals surface area contributed by atoms with E-state index in [-0.39, 0.29) is 12.5 Å². The van der Waals surface area contributed by atoms with Crippen LogP contribution >= 0.6 is 11.8 Å². The van der Waals surface area contributed by atoms with E-state index in [4.69, 9.17) is 18.9 Å². The fraction of sp³-hybridized carbons (Fsp3) is 0.471. The fourth-order valence-corrected chi connectivity index (χ4v) is 5.56. The van der Waals surface area contributed by atoms with Gasteiger partial charge in [0.25, 0.3) is 0 Å². The lowest BCUT2D eigenvalue weighted by Gasteiger charge is -2.32. The molecule has 0 aliphatic heterocycles. The van der Waals surface area contributed by atoms with Crippen molar-refractivity contribution in [3.8, 4) is 11.1 Å². The van der Waals surface area contributed by atoms with E-state index in [1.165, 1.54) is 6.92 Å². The first-order valence-electron chi connectivity index (χ1n) is 15.3. The Hall–Kier alpha value is -4.59. The van der Waals surface area contributed by atoms with E-state index in [2.05, 4.69) is 10.6 Å². The van der Waals surface area contributed by atoms with Crippen molar-refractivity contribution in [2.24, 2.45) is 0 Å². The number of nitrogens with one attached hydrogen (secondary N) is 2. The molecule has 3 rings (SSSR count). The third-order valence-corrected chi connectivity index (χ3v) is 7.79. The van der Waals surface area contributed by atoms with Crippen molar-refractivity contribution in [3.05, 3.63) is 59.7 Å². The molecule has 48 heavy (non-hydrogen) atoms. The lowest BCUT2D eigenvalue weighted by Crippen LogP contribution is -2.53. The molecule has 0 radical (unpaired) electrons. The van der Waals surface area contributed by atoms with Crippen molar-refractivity contribution in [1.82, 2.24) is 15.5 Å². The number of rotatable bonds is 10. The number of carbonyl (C=O) groups excluding carboxylic acids is 6. The fourth-order valence-electron chi connectivity index (χ4n) is 4.75. The van der Waals surface area contributed by atoms with Gasteiger partial charge < -0.3 is 29.6 Å². The summed E-state index contributed by atoms with van der Waals surface area (Å²) in [5, 5.41) is 4.29. The van der Waals surface area contributed by atoms with Gasteiger partial charge in [-0.3, -0.25) is 9.59 Å². The van der Waals surface area contributed by atoms with E-state index in [0.717, 1.165) is 29.4 Å². The second-order valence-corrected chi connectivity index (χ2v) is 14.0. The van der Waals surface area contributed by atoms with Gasteiger partial charge in [0.1, 0.15) is 23.9 Å². The van der Waals surface area contributed by atoms with Gasteiger partial charge in [0.15, 0.2) is 6.04 Å². The number of fused-ring (bicyclic) bond motifs is 3. The highest BCUT2D eigenvalue weighted by molar-refractivity contribution is 8.13. The van der Waals surface area contributed by atoms with Gasteiger partial charge in [-0.05, 0) is 70.7 Å². The van der Waals surface area contributed by atoms with Crippen LogP contribution in [0.25, 0.3) is 11.1 Å². The monoisotopic (exact) mass is 685 g/mol. The summed E-state index contributed by atoms with van der Waals surface area (Å²) in [6.45, 7) is 10.5. The van der Waals surface area contributed by atoms with E-state index in [0.29, 0.717) is 16.7 Å². The second-order valence-electron chi connectivity index (χ2n) is 13.0. The first-order chi connectivity index (χ1) is 22.4. The quantitative estimate of drug-likeness (QED) is 0.255. The zero-order valence-corrected chi connectivity index (χ0v) is 29.2. The van der Waals surface area contributed by atoms with Gasteiger partial charge in [-0.1, -0.05) is 60.3 Å². The summed E-state index contributed by atoms with van der Waals surface area (Å²) >= 11 is 0.582. The number of methoxy groups -OCH3 is 1. The number of amides is 4. The Balaban J connectivity index is 1.54. The highest BCUT2D eigenvalue weighted by Crippen LogP contribution is 2.44. The van der Waals surface area contributed by atoms with Crippen LogP contribution in [0.5, 0.6) is 0 Å². The number of ether oxygens (including phenoxy) is 4. The molecule has 2 aromatic rings. The summed E-state index contributed by atoms with van der Waals surface area (Å²) in [4.78, 5) is 77.1. The molecule has 4 amide bonds. The molecule has 1 unspecified atom stereocenters. The van der Waals surface area contributed by atoms with Gasteiger partial charge in [-0.2, -0.15) is 4.90 Å². The third-order valence-electron chi connectivity index (χ3n) is 6.85. The SMILES string of the molecule is COC(=O)C(CSC(=O)CNC(=O)[C@H](C)NC(=O)OCC1c2ccccc2-c2ccccc21)N(C(=O)OC(C)(C)C)C(=O)OC(C)(C)C. The average Bonchev–Trinajstić information content (AvgIpc) is 3.31. The first kappa shape index (κ1) is 37.9. The zero-order chi connectivity index (χ0) is 35.8. The van der Waals surface area contributed by atoms with E-state index in [9.17, 15) is 28.8 Å². The molecule has 0 aromatic heterocycles. The van der Waals surface area contributed by atoms with Gasteiger partial charge >= 0.3 is 24.2 Å². The highest BCUT2D eigenvalue weighted by Gasteiger charge is 2.41. The Morgan fingerprint density at radius 2 is 1.33 bits per heavy atom. The number of hydrogen-bond acceptors (Lipinski definition) is 11. The van der Waals surface area contributed by atoms with Gasteiger partial charge in [0.05, 0.1) is 13.7 Å². The molecule has 0 heterocycles. The lowest BCUT2D eigenvalue weighted by molar-refractivity contribution is -0.145. The summed E-state index contributed by atoms with van der Waals surface area (Å²) in [7, 11) is 1.06. The molecular formula is C34H43N3O10S. The molecule has 2 atom stereocenters. The molecule has 0 saturated heterocycles. The number of esters is 1. The minimum Gasteiger partial charge on any atom is -0.467 e. The molecule has 0 fully saturated rings. The largest absolute Gasteiger partial charge is 0.467 e. The van der Waals surface area contributed by atoms with Crippen molar-refractivity contribution in [1.29, 1.82) is 0 Å². The number of hydrogen-bond donors (Lipinski definition) is 2. The zero-order valence-electron chi connectivity index (χ0n) is 28.4. The Labute approximate surface area is 284 Å². The van der Waals surface area contributed by atoms with Crippen molar-refractivity contribution >= 4 is 47.0 Å². The maximum Gasteiger partial charge on any atom is 0.420 e. The molecule has 1 aliphatic carbocycles. The summed E-state index contributed by atoms with van der Waals surface area (Å²) in [5.74, 6) is -2.21. The van der Waals surface area contributed by atoms with Crippen LogP contribution in [0.1, 0.15) is 65.5 Å². The highest BCUT2D eigenvalue weighted by atomic mass is 32.2. The van der Waals surface area contributed by atoms with Crippen molar-refractivity contribution in [3.63, 3.8) is 0 Å². The molecule has 0 bridgehead atoms. The lowest BCUT2D eigenvalue weighted by atomic mass is 9.98. The molecular weight excluding hydrogens is 642 g/mol. The van der Waals surface area contributed by atoms with Crippen LogP contribution in [0.3, 0.4) is 0 Å². The Kier molecular flexibility index (Phi) is 12.6. The number of carbonyl (C=O) groups is 6. The third kappa shape index (κ3) is 10.5. The molecule has 2 N–H and O–H groups in total. The molecule has 1 aliphatic rings. The predicted octanol–water partition coefficient (Wildman–Crippen LogP) is 5.00. The molecule has 13 nitrogen and oxygen atoms in total. The molecule has 260 valence electrons. The minimum absolute atomic E-state index is 0.0638. The van der Waals surface area contributed by atoms with Crippen LogP contribution in [0, 0.1) is 0 Å². The number of benzene rings is 2.